The fourth-order valence-corrected chi connectivity index (χ4v) is 1.35. The van der Waals surface area contributed by atoms with E-state index in [1.54, 1.807) is 0 Å². The number of benzene rings is 1. The van der Waals surface area contributed by atoms with E-state index in [9.17, 15) is 22.3 Å². The molecule has 0 radical (unpaired) electrons. The van der Waals surface area contributed by atoms with Gasteiger partial charge in [-0.2, -0.15) is 0 Å². The minimum atomic E-state index is -2.95. The SMILES string of the molecule is Cc1cc(F)c(F)cc1CC(=O)OS(=O)[O-]. The normalized spacial score (nSPS) is 12.2. The summed E-state index contributed by atoms with van der Waals surface area (Å²) in [4.78, 5) is 10.9. The maximum absolute atomic E-state index is 12.8. The quantitative estimate of drug-likeness (QED) is 0.754. The van der Waals surface area contributed by atoms with Crippen LogP contribution in [0.5, 0.6) is 0 Å². The van der Waals surface area contributed by atoms with Gasteiger partial charge in [0.15, 0.2) is 11.6 Å². The highest BCUT2D eigenvalue weighted by Crippen LogP contribution is 2.15. The zero-order valence-corrected chi connectivity index (χ0v) is 8.98. The molecule has 0 N–H and O–H groups in total. The van der Waals surface area contributed by atoms with Crippen LogP contribution in [0, 0.1) is 18.6 Å². The van der Waals surface area contributed by atoms with E-state index in [4.69, 9.17) is 0 Å². The summed E-state index contributed by atoms with van der Waals surface area (Å²) in [7, 11) is 0. The summed E-state index contributed by atoms with van der Waals surface area (Å²) >= 11 is -2.95. The third kappa shape index (κ3) is 3.35. The van der Waals surface area contributed by atoms with Crippen molar-refractivity contribution in [3.63, 3.8) is 0 Å². The van der Waals surface area contributed by atoms with Crippen LogP contribution in [-0.4, -0.2) is 14.7 Å². The molecule has 88 valence electrons. The summed E-state index contributed by atoms with van der Waals surface area (Å²) < 4.78 is 49.4. The van der Waals surface area contributed by atoms with E-state index >= 15 is 0 Å². The lowest BCUT2D eigenvalue weighted by Crippen LogP contribution is -2.11. The standard InChI is InChI=1S/C9H8F2O4S/c1-5-2-7(10)8(11)3-6(5)4-9(12)15-16(13)14/h2-3H,4H2,1H3,(H,13,14)/p-1. The second-order valence-corrected chi connectivity index (χ2v) is 3.60. The van der Waals surface area contributed by atoms with Gasteiger partial charge in [-0.1, -0.05) is 0 Å². The molecule has 0 saturated heterocycles. The smallest absolute Gasteiger partial charge is 0.323 e. The lowest BCUT2D eigenvalue weighted by molar-refractivity contribution is -0.133. The molecule has 0 saturated carbocycles. The van der Waals surface area contributed by atoms with E-state index in [0.29, 0.717) is 5.56 Å². The molecule has 1 aromatic rings. The average Bonchev–Trinajstić information content (AvgIpc) is 2.12. The maximum Gasteiger partial charge on any atom is 0.323 e. The molecule has 0 aromatic heterocycles. The first-order valence-electron chi connectivity index (χ1n) is 4.15. The van der Waals surface area contributed by atoms with E-state index in [2.05, 4.69) is 4.18 Å². The van der Waals surface area contributed by atoms with Crippen molar-refractivity contribution in [3.8, 4) is 0 Å². The van der Waals surface area contributed by atoms with Crippen LogP contribution in [0.4, 0.5) is 8.78 Å². The van der Waals surface area contributed by atoms with Crippen molar-refractivity contribution in [2.24, 2.45) is 0 Å². The van der Waals surface area contributed by atoms with Gasteiger partial charge in [-0.15, -0.1) is 0 Å². The Kier molecular flexibility index (Phi) is 4.08. The summed E-state index contributed by atoms with van der Waals surface area (Å²) in [5.41, 5.74) is 0.516. The number of carbonyl (C=O) groups is 1. The van der Waals surface area contributed by atoms with Crippen molar-refractivity contribution in [2.75, 3.05) is 0 Å². The second kappa shape index (κ2) is 5.13. The van der Waals surface area contributed by atoms with Crippen molar-refractivity contribution in [3.05, 3.63) is 34.9 Å². The summed E-state index contributed by atoms with van der Waals surface area (Å²) in [6.45, 7) is 1.47. The third-order valence-corrected chi connectivity index (χ3v) is 2.20. The first kappa shape index (κ1) is 12.7. The maximum atomic E-state index is 12.8. The molecular formula is C9H7F2O4S-. The molecule has 0 aliphatic rings. The molecule has 0 fully saturated rings. The predicted molar refractivity (Wildman–Crippen MR) is 49.8 cm³/mol. The Morgan fingerprint density at radius 1 is 1.44 bits per heavy atom. The van der Waals surface area contributed by atoms with Gasteiger partial charge < -0.3 is 8.74 Å². The highest BCUT2D eigenvalue weighted by atomic mass is 32.2. The molecule has 7 heteroatoms. The van der Waals surface area contributed by atoms with Crippen molar-refractivity contribution in [1.82, 2.24) is 0 Å². The molecule has 4 nitrogen and oxygen atoms in total. The Labute approximate surface area is 92.7 Å². The van der Waals surface area contributed by atoms with Crippen LogP contribution in [0.1, 0.15) is 11.1 Å². The van der Waals surface area contributed by atoms with Crippen LogP contribution >= 0.6 is 0 Å². The zero-order chi connectivity index (χ0) is 12.3. The largest absolute Gasteiger partial charge is 0.740 e. The van der Waals surface area contributed by atoms with Crippen molar-refractivity contribution in [2.45, 2.75) is 13.3 Å². The number of hydrogen-bond donors (Lipinski definition) is 0. The summed E-state index contributed by atoms with van der Waals surface area (Å²) in [6, 6.07) is 1.76. The first-order valence-corrected chi connectivity index (χ1v) is 5.15. The molecule has 0 aliphatic heterocycles. The Bertz CT molecular complexity index is 447. The van der Waals surface area contributed by atoms with E-state index in [0.717, 1.165) is 12.1 Å². The molecular weight excluding hydrogens is 242 g/mol. The van der Waals surface area contributed by atoms with Gasteiger partial charge in [0.05, 0.1) is 6.42 Å². The number of carbonyl (C=O) groups excluding carboxylic acids is 1. The lowest BCUT2D eigenvalue weighted by atomic mass is 10.1. The Morgan fingerprint density at radius 2 is 2.00 bits per heavy atom. The van der Waals surface area contributed by atoms with Gasteiger partial charge in [0.25, 0.3) is 0 Å². The fraction of sp³-hybridized carbons (Fsp3) is 0.222. The summed E-state index contributed by atoms with van der Waals surface area (Å²) in [5, 5.41) is 0. The number of hydrogen-bond acceptors (Lipinski definition) is 4. The molecule has 16 heavy (non-hydrogen) atoms. The van der Waals surface area contributed by atoms with Gasteiger partial charge >= 0.3 is 5.97 Å². The molecule has 1 unspecified atom stereocenters. The molecule has 0 bridgehead atoms. The predicted octanol–water partition coefficient (Wildman–Crippen LogP) is 1.15. The van der Waals surface area contributed by atoms with Gasteiger partial charge in [-0.05, 0) is 30.2 Å². The van der Waals surface area contributed by atoms with E-state index in [1.165, 1.54) is 6.92 Å². The van der Waals surface area contributed by atoms with Gasteiger partial charge in [0.1, 0.15) is 11.4 Å². The van der Waals surface area contributed by atoms with Crippen molar-refractivity contribution >= 4 is 17.3 Å². The van der Waals surface area contributed by atoms with E-state index < -0.39 is 35.4 Å². The molecule has 0 heterocycles. The fourth-order valence-electron chi connectivity index (χ4n) is 1.14. The van der Waals surface area contributed by atoms with Crippen molar-refractivity contribution in [1.29, 1.82) is 0 Å². The number of halogens is 2. The molecule has 0 spiro atoms. The molecule has 1 atom stereocenters. The minimum Gasteiger partial charge on any atom is -0.740 e. The van der Waals surface area contributed by atoms with Crippen LogP contribution in [0.25, 0.3) is 0 Å². The first-order chi connectivity index (χ1) is 7.40. The van der Waals surface area contributed by atoms with E-state index in [-0.39, 0.29) is 5.56 Å². The molecule has 0 aliphatic carbocycles. The van der Waals surface area contributed by atoms with Crippen LogP contribution in [0.2, 0.25) is 0 Å². The Balaban J connectivity index is 2.85. The summed E-state index contributed by atoms with van der Waals surface area (Å²) in [5.74, 6) is -3.18. The van der Waals surface area contributed by atoms with Crippen LogP contribution in [-0.2, 0) is 26.8 Å². The molecule has 1 rings (SSSR count). The van der Waals surface area contributed by atoms with Crippen LogP contribution in [0.3, 0.4) is 0 Å². The minimum absolute atomic E-state index is 0.175. The van der Waals surface area contributed by atoms with Crippen LogP contribution < -0.4 is 0 Å². The van der Waals surface area contributed by atoms with Gasteiger partial charge in [0.2, 0.25) is 0 Å². The van der Waals surface area contributed by atoms with Gasteiger partial charge in [-0.3, -0.25) is 4.79 Å². The highest BCUT2D eigenvalue weighted by molar-refractivity contribution is 7.74. The van der Waals surface area contributed by atoms with Crippen LogP contribution in [0.15, 0.2) is 12.1 Å². The number of aryl methyl sites for hydroxylation is 1. The number of rotatable bonds is 3. The van der Waals surface area contributed by atoms with Crippen molar-refractivity contribution < 1.29 is 26.5 Å². The topological polar surface area (TPSA) is 66.4 Å². The van der Waals surface area contributed by atoms with E-state index in [1.807, 2.05) is 0 Å². The highest BCUT2D eigenvalue weighted by Gasteiger charge is 2.11. The Morgan fingerprint density at radius 3 is 2.56 bits per heavy atom. The van der Waals surface area contributed by atoms with Gasteiger partial charge in [-0.25, -0.2) is 13.0 Å². The average molecular weight is 249 g/mol. The monoisotopic (exact) mass is 249 g/mol. The molecule has 1 aromatic carbocycles. The summed E-state index contributed by atoms with van der Waals surface area (Å²) in [6.07, 6.45) is -0.434. The third-order valence-electron chi connectivity index (χ3n) is 1.87. The zero-order valence-electron chi connectivity index (χ0n) is 8.16. The Hall–Kier alpha value is -1.34. The lowest BCUT2D eigenvalue weighted by Gasteiger charge is -2.08. The second-order valence-electron chi connectivity index (χ2n) is 3.03. The van der Waals surface area contributed by atoms with Gasteiger partial charge in [0, 0.05) is 0 Å². The molecule has 0 amide bonds.